The van der Waals surface area contributed by atoms with Gasteiger partial charge in [0, 0.05) is 5.92 Å². The molecule has 0 saturated heterocycles. The molecule has 0 aromatic heterocycles. The van der Waals surface area contributed by atoms with Gasteiger partial charge in [0.25, 0.3) is 0 Å². The average molecular weight is 190 g/mol. The highest BCUT2D eigenvalue weighted by atomic mass is 79.9. The van der Waals surface area contributed by atoms with E-state index < -0.39 is 0 Å². The fraction of sp³-hybridized carbons (Fsp3) is 0.875. The summed E-state index contributed by atoms with van der Waals surface area (Å²) in [6.45, 7) is 2.29. The molecule has 52 valence electrons. The predicted molar refractivity (Wildman–Crippen MR) is 44.4 cm³/mol. The first kappa shape index (κ1) is 7.46. The number of hydrogen-bond acceptors (Lipinski definition) is 0. The van der Waals surface area contributed by atoms with Gasteiger partial charge in [-0.2, -0.15) is 0 Å². The first-order valence-electron chi connectivity index (χ1n) is 3.83. The van der Waals surface area contributed by atoms with Crippen molar-refractivity contribution >= 4 is 15.9 Å². The highest BCUT2D eigenvalue weighted by Gasteiger charge is 2.27. The molecule has 0 aromatic carbocycles. The van der Waals surface area contributed by atoms with Crippen molar-refractivity contribution in [1.29, 1.82) is 0 Å². The van der Waals surface area contributed by atoms with Gasteiger partial charge in [-0.15, -0.1) is 0 Å². The largest absolute Gasteiger partial charge is 0.198 e. The average Bonchev–Trinajstić information content (AvgIpc) is 1.88. The third-order valence-corrected chi connectivity index (χ3v) is 2.87. The van der Waals surface area contributed by atoms with Crippen LogP contribution in [0.25, 0.3) is 0 Å². The molecule has 1 aliphatic carbocycles. The zero-order valence-corrected chi connectivity index (χ0v) is 7.58. The Morgan fingerprint density at radius 1 is 1.67 bits per heavy atom. The third-order valence-electron chi connectivity index (χ3n) is 2.15. The van der Waals surface area contributed by atoms with E-state index in [4.69, 9.17) is 0 Å². The van der Waals surface area contributed by atoms with Gasteiger partial charge in [-0.3, -0.25) is 0 Å². The maximum Gasteiger partial charge on any atom is 0.198 e. The lowest BCUT2D eigenvalue weighted by atomic mass is 9.87. The number of rotatable bonds is 1. The molecule has 1 rings (SSSR count). The van der Waals surface area contributed by atoms with Gasteiger partial charge in [-0.05, 0) is 19.3 Å². The zero-order valence-electron chi connectivity index (χ0n) is 5.99. The minimum absolute atomic E-state index is 0.980. The highest BCUT2D eigenvalue weighted by Crippen LogP contribution is 2.35. The van der Waals surface area contributed by atoms with Crippen LogP contribution in [0.1, 0.15) is 39.0 Å². The first-order valence-corrected chi connectivity index (χ1v) is 4.62. The summed E-state index contributed by atoms with van der Waals surface area (Å²) in [5.41, 5.74) is 0. The van der Waals surface area contributed by atoms with Gasteiger partial charge in [0.2, 0.25) is 0 Å². The van der Waals surface area contributed by atoms with E-state index in [1.165, 1.54) is 32.1 Å². The van der Waals surface area contributed by atoms with Crippen molar-refractivity contribution in [3.63, 3.8) is 0 Å². The molecular formula is C8H14Br+. The molecule has 0 bridgehead atoms. The Hall–Kier alpha value is 0.350. The van der Waals surface area contributed by atoms with E-state index in [-0.39, 0.29) is 0 Å². The second-order valence-corrected chi connectivity index (χ2v) is 4.01. The van der Waals surface area contributed by atoms with Crippen molar-refractivity contribution < 1.29 is 0 Å². The van der Waals surface area contributed by atoms with Crippen LogP contribution in [0.3, 0.4) is 0 Å². The van der Waals surface area contributed by atoms with Crippen LogP contribution in [0.15, 0.2) is 0 Å². The molecule has 0 spiro atoms. The molecule has 0 heterocycles. The van der Waals surface area contributed by atoms with Gasteiger partial charge >= 0.3 is 0 Å². The second-order valence-electron chi connectivity index (χ2n) is 2.89. The van der Waals surface area contributed by atoms with Crippen molar-refractivity contribution in [2.24, 2.45) is 5.92 Å². The monoisotopic (exact) mass is 189 g/mol. The molecule has 9 heavy (non-hydrogen) atoms. The van der Waals surface area contributed by atoms with Gasteiger partial charge in [-0.1, -0.05) is 6.92 Å². The predicted octanol–water partition coefficient (Wildman–Crippen LogP) is 3.51. The molecule has 1 atom stereocenters. The van der Waals surface area contributed by atoms with E-state index in [9.17, 15) is 0 Å². The maximum atomic E-state index is 3.59. The lowest BCUT2D eigenvalue weighted by molar-refractivity contribution is 0.397. The van der Waals surface area contributed by atoms with Crippen LogP contribution in [-0.2, 0) is 0 Å². The summed E-state index contributed by atoms with van der Waals surface area (Å²) in [7, 11) is 0. The van der Waals surface area contributed by atoms with Crippen LogP contribution in [-0.4, -0.2) is 0 Å². The van der Waals surface area contributed by atoms with Gasteiger partial charge < -0.3 is 0 Å². The fourth-order valence-electron chi connectivity index (χ4n) is 1.45. The van der Waals surface area contributed by atoms with Crippen molar-refractivity contribution in [1.82, 2.24) is 0 Å². The summed E-state index contributed by atoms with van der Waals surface area (Å²) in [6.07, 6.45) is 6.85. The van der Waals surface area contributed by atoms with Crippen LogP contribution in [0.5, 0.6) is 0 Å². The maximum absolute atomic E-state index is 3.59. The summed E-state index contributed by atoms with van der Waals surface area (Å²) in [4.78, 5) is 1.54. The molecule has 0 radical (unpaired) electrons. The molecule has 1 unspecified atom stereocenters. The van der Waals surface area contributed by atoms with Crippen molar-refractivity contribution in [2.45, 2.75) is 39.0 Å². The second kappa shape index (κ2) is 3.50. The molecule has 0 aromatic rings. The molecule has 0 N–H and O–H groups in total. The van der Waals surface area contributed by atoms with Crippen LogP contribution < -0.4 is 0 Å². The number of hydrogen-bond donors (Lipinski definition) is 0. The summed E-state index contributed by atoms with van der Waals surface area (Å²) < 4.78 is 0. The van der Waals surface area contributed by atoms with Gasteiger partial charge in [-0.25, -0.2) is 0 Å². The summed E-state index contributed by atoms with van der Waals surface area (Å²) in [5, 5.41) is 0. The van der Waals surface area contributed by atoms with E-state index in [2.05, 4.69) is 22.9 Å². The van der Waals surface area contributed by atoms with Crippen LogP contribution in [0.2, 0.25) is 0 Å². The Morgan fingerprint density at radius 2 is 2.44 bits per heavy atom. The molecule has 0 amide bonds. The van der Waals surface area contributed by atoms with Gasteiger partial charge in [0.1, 0.15) is 12.8 Å². The minimum atomic E-state index is 0.980. The van der Waals surface area contributed by atoms with E-state index >= 15 is 0 Å². The van der Waals surface area contributed by atoms with Crippen LogP contribution in [0, 0.1) is 10.7 Å². The summed E-state index contributed by atoms with van der Waals surface area (Å²) in [5.74, 6) is 0.980. The van der Waals surface area contributed by atoms with Crippen molar-refractivity contribution in [2.75, 3.05) is 0 Å². The van der Waals surface area contributed by atoms with Crippen LogP contribution in [0.4, 0.5) is 0 Å². The first-order chi connectivity index (χ1) is 4.33. The third kappa shape index (κ3) is 2.21. The normalized spacial score (nSPS) is 28.7. The Morgan fingerprint density at radius 3 is 2.89 bits per heavy atom. The molecule has 1 aliphatic rings. The van der Waals surface area contributed by atoms with Crippen LogP contribution >= 0.6 is 15.9 Å². The summed E-state index contributed by atoms with van der Waals surface area (Å²) >= 11 is 3.59. The molecule has 1 saturated carbocycles. The van der Waals surface area contributed by atoms with Crippen molar-refractivity contribution in [3.8, 4) is 0 Å². The van der Waals surface area contributed by atoms with E-state index in [0.717, 1.165) is 5.92 Å². The Bertz CT molecular complexity index is 80.6. The Balaban J connectivity index is 2.23. The minimum Gasteiger partial charge on any atom is -0.0650 e. The highest BCUT2D eigenvalue weighted by molar-refractivity contribution is 9.11. The summed E-state index contributed by atoms with van der Waals surface area (Å²) in [6, 6.07) is 0. The molecule has 1 heteroatoms. The Kier molecular flexibility index (Phi) is 2.90. The van der Waals surface area contributed by atoms with Gasteiger partial charge in [0.05, 0.1) is 0 Å². The number of halogens is 1. The SMILES string of the molecule is CCC1CCC[C+](Br)C1. The lowest BCUT2D eigenvalue weighted by Crippen LogP contribution is -2.08. The topological polar surface area (TPSA) is 0 Å². The Labute approximate surface area is 66.2 Å². The lowest BCUT2D eigenvalue weighted by Gasteiger charge is -2.15. The smallest absolute Gasteiger partial charge is 0.0650 e. The molecular weight excluding hydrogens is 176 g/mol. The van der Waals surface area contributed by atoms with E-state index in [1.54, 1.807) is 4.83 Å². The fourth-order valence-corrected chi connectivity index (χ4v) is 2.19. The van der Waals surface area contributed by atoms with E-state index in [1.807, 2.05) is 0 Å². The standard InChI is InChI=1S/C8H14Br/c1-2-7-4-3-5-8(9)6-7/h7H,2-6H2,1H3/q+1. The van der Waals surface area contributed by atoms with E-state index in [0.29, 0.717) is 0 Å². The molecule has 1 fully saturated rings. The van der Waals surface area contributed by atoms with Gasteiger partial charge in [0.15, 0.2) is 20.8 Å². The molecule has 0 nitrogen and oxygen atoms in total. The zero-order chi connectivity index (χ0) is 6.69. The quantitative estimate of drug-likeness (QED) is 0.555. The van der Waals surface area contributed by atoms with Crippen molar-refractivity contribution in [3.05, 3.63) is 4.83 Å². The molecule has 0 aliphatic heterocycles.